The van der Waals surface area contributed by atoms with E-state index < -0.39 is 6.03 Å². The fraction of sp³-hybridized carbons (Fsp3) is 0.360. The normalized spacial score (nSPS) is 16.4. The van der Waals surface area contributed by atoms with E-state index in [1.165, 1.54) is 24.3 Å². The summed E-state index contributed by atoms with van der Waals surface area (Å²) in [6.07, 6.45) is 1.02. The quantitative estimate of drug-likeness (QED) is 0.499. The highest BCUT2D eigenvalue weighted by Gasteiger charge is 2.20. The van der Waals surface area contributed by atoms with Crippen LogP contribution < -0.4 is 25.8 Å². The van der Waals surface area contributed by atoms with Gasteiger partial charge in [-0.05, 0) is 61.5 Å². The molecule has 0 aliphatic carbocycles. The molecule has 2 saturated heterocycles. The number of rotatable bonds is 5. The molecule has 1 aromatic heterocycles. The summed E-state index contributed by atoms with van der Waals surface area (Å²) in [5.41, 5.74) is 1.94. The first kappa shape index (κ1) is 23.9. The fourth-order valence-corrected chi connectivity index (χ4v) is 4.10. The minimum Gasteiger partial charge on any atom is -0.378 e. The molecule has 2 fully saturated rings. The van der Waals surface area contributed by atoms with E-state index in [0.29, 0.717) is 42.3 Å². The van der Waals surface area contributed by atoms with Gasteiger partial charge in [0.25, 0.3) is 0 Å². The lowest BCUT2D eigenvalue weighted by atomic mass is 10.2. The van der Waals surface area contributed by atoms with E-state index >= 15 is 0 Å². The van der Waals surface area contributed by atoms with Crippen LogP contribution in [0.15, 0.2) is 48.5 Å². The molecule has 36 heavy (non-hydrogen) atoms. The summed E-state index contributed by atoms with van der Waals surface area (Å²) in [7, 11) is 0. The zero-order valence-corrected chi connectivity index (χ0v) is 19.9. The monoisotopic (exact) mass is 492 g/mol. The molecule has 2 aliphatic rings. The SMILES string of the molecule is O=C(Nc1ccc(F)cc1)Nc1ccc(-c2nc(N3CCCNCC3)nc(N3CCOCC3)n2)cc1. The number of carbonyl (C=O) groups is 1. The average Bonchev–Trinajstić information content (AvgIpc) is 3.21. The first-order valence-corrected chi connectivity index (χ1v) is 12.1. The molecular formula is C25H29FN8O2. The number of carbonyl (C=O) groups excluding carboxylic acids is 1. The zero-order chi connectivity index (χ0) is 24.7. The Bertz CT molecular complexity index is 1160. The van der Waals surface area contributed by atoms with Crippen LogP contribution in [0, 0.1) is 5.82 Å². The Morgan fingerprint density at radius 3 is 2.08 bits per heavy atom. The van der Waals surface area contributed by atoms with Crippen molar-refractivity contribution in [2.75, 3.05) is 72.9 Å². The number of anilines is 4. The number of urea groups is 1. The van der Waals surface area contributed by atoms with Gasteiger partial charge >= 0.3 is 6.03 Å². The molecule has 5 rings (SSSR count). The van der Waals surface area contributed by atoms with Crippen molar-refractivity contribution in [2.24, 2.45) is 0 Å². The third kappa shape index (κ3) is 6.04. The molecule has 10 nitrogen and oxygen atoms in total. The molecule has 2 aromatic carbocycles. The summed E-state index contributed by atoms with van der Waals surface area (Å²) in [4.78, 5) is 31.0. The Morgan fingerprint density at radius 2 is 1.42 bits per heavy atom. The maximum absolute atomic E-state index is 13.1. The van der Waals surface area contributed by atoms with Crippen LogP contribution in [0.3, 0.4) is 0 Å². The second-order valence-corrected chi connectivity index (χ2v) is 8.61. The molecule has 11 heteroatoms. The van der Waals surface area contributed by atoms with E-state index in [1.807, 2.05) is 12.1 Å². The lowest BCUT2D eigenvalue weighted by molar-refractivity contribution is 0.122. The third-order valence-corrected chi connectivity index (χ3v) is 6.03. The van der Waals surface area contributed by atoms with Crippen LogP contribution >= 0.6 is 0 Å². The fourth-order valence-electron chi connectivity index (χ4n) is 4.10. The second-order valence-electron chi connectivity index (χ2n) is 8.61. The van der Waals surface area contributed by atoms with Gasteiger partial charge in [0.05, 0.1) is 13.2 Å². The number of morpholine rings is 1. The van der Waals surface area contributed by atoms with Gasteiger partial charge in [-0.25, -0.2) is 9.18 Å². The number of halogens is 1. The zero-order valence-electron chi connectivity index (χ0n) is 19.9. The van der Waals surface area contributed by atoms with E-state index in [2.05, 4.69) is 25.8 Å². The van der Waals surface area contributed by atoms with Crippen LogP contribution in [-0.4, -0.2) is 73.5 Å². The summed E-state index contributed by atoms with van der Waals surface area (Å²) in [5.74, 6) is 1.55. The van der Waals surface area contributed by atoms with Crippen molar-refractivity contribution < 1.29 is 13.9 Å². The van der Waals surface area contributed by atoms with E-state index in [-0.39, 0.29) is 5.82 Å². The standard InChI is InChI=1S/C25H29FN8O2/c26-19-4-8-21(9-5-19)29-25(35)28-20-6-2-18(3-7-20)22-30-23(33-12-1-10-27-11-13-33)32-24(31-22)34-14-16-36-17-15-34/h2-9,27H,1,10-17H2,(H2,28,29,35). The second kappa shape index (κ2) is 11.3. The van der Waals surface area contributed by atoms with E-state index in [9.17, 15) is 9.18 Å². The average molecular weight is 493 g/mol. The van der Waals surface area contributed by atoms with Crippen molar-refractivity contribution in [2.45, 2.75) is 6.42 Å². The van der Waals surface area contributed by atoms with Crippen LogP contribution in [0.1, 0.15) is 6.42 Å². The number of benzene rings is 2. The number of hydrogen-bond acceptors (Lipinski definition) is 8. The summed E-state index contributed by atoms with van der Waals surface area (Å²) in [6, 6.07) is 12.5. The highest BCUT2D eigenvalue weighted by Crippen LogP contribution is 2.24. The van der Waals surface area contributed by atoms with Crippen molar-refractivity contribution in [3.05, 3.63) is 54.3 Å². The van der Waals surface area contributed by atoms with Crippen molar-refractivity contribution in [3.63, 3.8) is 0 Å². The molecule has 0 saturated carbocycles. The Morgan fingerprint density at radius 1 is 0.806 bits per heavy atom. The lowest BCUT2D eigenvalue weighted by Gasteiger charge is -2.28. The minimum absolute atomic E-state index is 0.359. The maximum atomic E-state index is 13.1. The van der Waals surface area contributed by atoms with Gasteiger partial charge in [0, 0.05) is 49.7 Å². The molecule has 3 aromatic rings. The maximum Gasteiger partial charge on any atom is 0.323 e. The molecule has 3 heterocycles. The summed E-state index contributed by atoms with van der Waals surface area (Å²) < 4.78 is 18.6. The molecule has 3 N–H and O–H groups in total. The predicted octanol–water partition coefficient (Wildman–Crippen LogP) is 2.96. The topological polar surface area (TPSA) is 108 Å². The molecule has 0 spiro atoms. The Labute approximate surface area is 208 Å². The van der Waals surface area contributed by atoms with Gasteiger partial charge in [-0.3, -0.25) is 0 Å². The summed E-state index contributed by atoms with van der Waals surface area (Å²) >= 11 is 0. The van der Waals surface area contributed by atoms with Crippen LogP contribution in [0.4, 0.5) is 32.5 Å². The van der Waals surface area contributed by atoms with Crippen LogP contribution in [0.25, 0.3) is 11.4 Å². The molecule has 0 bridgehead atoms. The van der Waals surface area contributed by atoms with Gasteiger partial charge in [0.15, 0.2) is 5.82 Å². The minimum atomic E-state index is -0.416. The Hall–Kier alpha value is -3.83. The van der Waals surface area contributed by atoms with Crippen LogP contribution in [0.5, 0.6) is 0 Å². The predicted molar refractivity (Wildman–Crippen MR) is 137 cm³/mol. The van der Waals surface area contributed by atoms with Gasteiger partial charge in [0.1, 0.15) is 5.82 Å². The number of amides is 2. The van der Waals surface area contributed by atoms with Crippen molar-refractivity contribution in [1.29, 1.82) is 0 Å². The highest BCUT2D eigenvalue weighted by molar-refractivity contribution is 5.99. The smallest absolute Gasteiger partial charge is 0.323 e. The molecule has 2 amide bonds. The lowest BCUT2D eigenvalue weighted by Crippen LogP contribution is -2.38. The number of ether oxygens (including phenoxy) is 1. The van der Waals surface area contributed by atoms with Crippen molar-refractivity contribution in [3.8, 4) is 11.4 Å². The first-order chi connectivity index (χ1) is 17.6. The van der Waals surface area contributed by atoms with E-state index in [0.717, 1.165) is 51.3 Å². The molecule has 0 radical (unpaired) electrons. The molecule has 188 valence electrons. The van der Waals surface area contributed by atoms with Crippen molar-refractivity contribution >= 4 is 29.3 Å². The van der Waals surface area contributed by atoms with Gasteiger partial charge in [0.2, 0.25) is 11.9 Å². The number of hydrogen-bond donors (Lipinski definition) is 3. The van der Waals surface area contributed by atoms with Crippen molar-refractivity contribution in [1.82, 2.24) is 20.3 Å². The van der Waals surface area contributed by atoms with E-state index in [4.69, 9.17) is 19.7 Å². The van der Waals surface area contributed by atoms with Gasteiger partial charge < -0.3 is 30.5 Å². The van der Waals surface area contributed by atoms with Gasteiger partial charge in [-0.2, -0.15) is 15.0 Å². The van der Waals surface area contributed by atoms with Crippen LogP contribution in [-0.2, 0) is 4.74 Å². The number of aromatic nitrogens is 3. The number of nitrogens with one attached hydrogen (secondary N) is 3. The van der Waals surface area contributed by atoms with Gasteiger partial charge in [-0.1, -0.05) is 0 Å². The highest BCUT2D eigenvalue weighted by atomic mass is 19.1. The largest absolute Gasteiger partial charge is 0.378 e. The Kier molecular flexibility index (Phi) is 7.48. The number of nitrogens with zero attached hydrogens (tertiary/aromatic N) is 5. The molecule has 0 atom stereocenters. The summed E-state index contributed by atoms with van der Waals surface area (Å²) in [5, 5.41) is 8.88. The molecule has 2 aliphatic heterocycles. The first-order valence-electron chi connectivity index (χ1n) is 12.1. The van der Waals surface area contributed by atoms with Crippen LogP contribution in [0.2, 0.25) is 0 Å². The molecular weight excluding hydrogens is 463 g/mol. The Balaban J connectivity index is 1.35. The van der Waals surface area contributed by atoms with E-state index in [1.54, 1.807) is 12.1 Å². The summed E-state index contributed by atoms with van der Waals surface area (Å²) in [6.45, 7) is 6.33. The third-order valence-electron chi connectivity index (χ3n) is 6.03. The molecule has 0 unspecified atom stereocenters. The van der Waals surface area contributed by atoms with Gasteiger partial charge in [-0.15, -0.1) is 0 Å².